The Labute approximate surface area is 700 Å². The zero-order chi connectivity index (χ0) is 85.7. The Morgan fingerprint density at radius 1 is 0.516 bits per heavy atom. The molecule has 0 aliphatic carbocycles. The fourth-order valence-electron chi connectivity index (χ4n) is 13.8. The van der Waals surface area contributed by atoms with Crippen molar-refractivity contribution >= 4 is 127 Å². The van der Waals surface area contributed by atoms with Gasteiger partial charge in [-0.05, 0) is 79.6 Å². The van der Waals surface area contributed by atoms with Crippen molar-refractivity contribution in [3.8, 4) is 6.07 Å². The van der Waals surface area contributed by atoms with Gasteiger partial charge in [-0.25, -0.2) is 83.9 Å². The minimum Gasteiger partial charge on any atom is -0.449 e. The molecule has 4 aromatic carbocycles. The van der Waals surface area contributed by atoms with Crippen molar-refractivity contribution in [2.45, 2.75) is 138 Å². The molecule has 0 radical (unpaired) electrons. The molecule has 4 saturated heterocycles. The molecule has 44 heteroatoms. The number of carbonyl (C=O) groups is 4. The van der Waals surface area contributed by atoms with Gasteiger partial charge in [0.05, 0.1) is 56.6 Å². The number of nitrogens with zero attached hydrogens (tertiary/aromatic N) is 18. The molecular formula is C78H76F4N23O14PS2. The highest BCUT2D eigenvalue weighted by molar-refractivity contribution is 8.09. The van der Waals surface area contributed by atoms with Crippen LogP contribution in [0.3, 0.4) is 0 Å². The lowest BCUT2D eigenvalue weighted by atomic mass is 10.1. The number of imidazole rings is 4. The van der Waals surface area contributed by atoms with E-state index in [1.807, 2.05) is 19.1 Å². The average Bonchev–Trinajstić information content (AvgIpc) is 1.63. The van der Waals surface area contributed by atoms with Gasteiger partial charge in [-0.2, -0.15) is 5.26 Å². The number of amides is 4. The first-order chi connectivity index (χ1) is 59.2. The minimum atomic E-state index is -3.48. The van der Waals surface area contributed by atoms with Gasteiger partial charge in [0.2, 0.25) is 6.54 Å². The molecule has 12 aromatic rings. The number of carbonyl (C=O) groups excluding carboxylic acids is 4. The molecule has 17 atom stereocenters. The SMILES string of the molecule is CC[C@H]1O[C@@H](n2cnc3c(NC(=O)c4ccccc4)ncnc32)[C@H](F)[C@@H]1OP(=S)(CC[C@H]1O[C@@H](n2cnc3c(NC(=O)c4ccccc4)ncnc32)[C@H](F)[C@@H]1O)OCCC#N.NC[C@H]1OC(n2cnc3c(NC(=O)c4ccccc4)ncnc32)[C@H](F)[C@@H]1O.[C-]#[N+]CCOC(=S)O[C@@H]1[C@@H](CC)OC(n2cnc3c(NC(=O)c4ccccc4)ncnc32)[C@@H]1F. The van der Waals surface area contributed by atoms with Gasteiger partial charge in [0.25, 0.3) is 23.6 Å². The molecule has 0 saturated carbocycles. The van der Waals surface area contributed by atoms with Crippen LogP contribution in [0.2, 0.25) is 0 Å². The van der Waals surface area contributed by atoms with Crippen molar-refractivity contribution in [1.29, 1.82) is 5.26 Å². The number of hydrogen-bond acceptors (Lipinski definition) is 30. The molecule has 4 amide bonds. The van der Waals surface area contributed by atoms with E-state index in [4.69, 9.17) is 73.8 Å². The highest BCUT2D eigenvalue weighted by Gasteiger charge is 2.52. The van der Waals surface area contributed by atoms with Gasteiger partial charge in [-0.3, -0.25) is 37.4 Å². The number of anilines is 4. The molecule has 16 rings (SSSR count). The van der Waals surface area contributed by atoms with E-state index in [0.29, 0.717) is 35.1 Å². The number of rotatable bonds is 26. The number of nitriles is 1. The highest BCUT2D eigenvalue weighted by Crippen LogP contribution is 2.55. The number of halogens is 4. The summed E-state index contributed by atoms with van der Waals surface area (Å²) in [6, 6.07) is 36.3. The van der Waals surface area contributed by atoms with Gasteiger partial charge in [-0.1, -0.05) is 86.6 Å². The van der Waals surface area contributed by atoms with Gasteiger partial charge in [0.15, 0.2) is 137 Å². The van der Waals surface area contributed by atoms with E-state index < -0.39 is 117 Å². The lowest BCUT2D eigenvalue weighted by Crippen LogP contribution is -2.34. The highest BCUT2D eigenvalue weighted by atomic mass is 32.5. The molecule has 4 fully saturated rings. The third kappa shape index (κ3) is 18.7. The van der Waals surface area contributed by atoms with Crippen LogP contribution in [0.4, 0.5) is 40.8 Å². The minimum absolute atomic E-state index is 0.0158. The zero-order valence-corrected chi connectivity index (χ0v) is 67.0. The number of hydrogen-bond donors (Lipinski definition) is 7. The number of alkyl halides is 4. The number of fused-ring (bicyclic) bond motifs is 4. The Hall–Kier alpha value is -12.4. The molecule has 12 heterocycles. The lowest BCUT2D eigenvalue weighted by Gasteiger charge is -2.29. The summed E-state index contributed by atoms with van der Waals surface area (Å²) in [6.07, 6.45) is -9.66. The van der Waals surface area contributed by atoms with Gasteiger partial charge in [0.1, 0.15) is 55.8 Å². The summed E-state index contributed by atoms with van der Waals surface area (Å²) in [7, 11) is 0. The fourth-order valence-corrected chi connectivity index (χ4v) is 16.7. The summed E-state index contributed by atoms with van der Waals surface area (Å²) < 4.78 is 115. The number of benzene rings is 4. The Morgan fingerprint density at radius 2 is 0.852 bits per heavy atom. The van der Waals surface area contributed by atoms with Gasteiger partial charge >= 0.3 is 5.24 Å². The second kappa shape index (κ2) is 39.0. The standard InChI is InChI=1S/C39H38F2N11O7PS.C22H21FN6O4S.C17H17FN6O3/c1-2-24-31(27(41)39(57-24)52-21-48-29-33(44-19-46-35(29)52)50-37(55)23-12-7-4-8-13-23)59-60(61,56-16-9-15-42)17-14-25-30(53)26(40)38(58-25)51-20-47-28-32(43-18-45-34(28)51)49-36(54)22-10-5-3-6-11-22;1-3-14-17(33-22(34)31-10-9-24-2)15(23)21(32-14)29-12-27-16-18(25-11-26-19(16)29)28-20(30)13-7-5-4-6-8-13;18-11-13(25)10(6-19)27-17(11)24-8-22-12-14(20-7-21-15(12)24)23-16(26)9-4-2-1-3-5-9/h3-8,10-13,18-21,24-27,30-31,38-39,53H,2,9,14,16-17H2,1H3,(H,43,45,49,54)(H,44,46,50,55);4-8,11-12,14-15,17,21H,3,9-10H2,1H3,(H,25,26,28,30);1-5,7-8,10-11,13,17,25H,6,19H2,(H,20,21,23,26)/t24-,25-,26-,27-,30-,31-,38-,39-,60?;14-,15-,17-,21?;10-,11-,13-,17?/m111/s1. The van der Waals surface area contributed by atoms with Gasteiger partial charge in [-0.15, -0.1) is 0 Å². The molecule has 0 spiro atoms. The van der Waals surface area contributed by atoms with E-state index in [9.17, 15) is 39.0 Å². The number of nitrogens with two attached hydrogens (primary N) is 1. The molecular weight excluding hydrogens is 1650 g/mol. The fraction of sp³-hybridized carbons (Fsp3) is 0.346. The van der Waals surface area contributed by atoms with E-state index in [0.717, 1.165) is 0 Å². The predicted molar refractivity (Wildman–Crippen MR) is 435 cm³/mol. The van der Waals surface area contributed by atoms with E-state index in [-0.39, 0.29) is 130 Å². The summed E-state index contributed by atoms with van der Waals surface area (Å²) in [5.74, 6) is -0.974. The van der Waals surface area contributed by atoms with Crippen molar-refractivity contribution in [3.63, 3.8) is 0 Å². The number of aliphatic hydroxyl groups is 2. The Balaban J connectivity index is 0.000000167. The summed E-state index contributed by atoms with van der Waals surface area (Å²) >= 11 is 11.0. The van der Waals surface area contributed by atoms with Crippen molar-refractivity contribution < 1.29 is 84.4 Å². The number of aliphatic hydroxyl groups excluding tert-OH is 2. The van der Waals surface area contributed by atoms with Crippen molar-refractivity contribution in [2.75, 3.05) is 53.7 Å². The van der Waals surface area contributed by atoms with E-state index in [1.54, 1.807) is 122 Å². The van der Waals surface area contributed by atoms with Gasteiger partial charge < -0.3 is 79.5 Å². The van der Waals surface area contributed by atoms with Crippen LogP contribution in [0.15, 0.2) is 172 Å². The Morgan fingerprint density at radius 3 is 1.20 bits per heavy atom. The van der Waals surface area contributed by atoms with Crippen LogP contribution in [0.5, 0.6) is 0 Å². The summed E-state index contributed by atoms with van der Waals surface area (Å²) in [6.45, 7) is 6.96. The van der Waals surface area contributed by atoms with E-state index in [2.05, 4.69) is 85.9 Å². The first kappa shape index (κ1) is 86.0. The van der Waals surface area contributed by atoms with Crippen LogP contribution in [-0.2, 0) is 49.3 Å². The van der Waals surface area contributed by atoms with Crippen LogP contribution in [0, 0.1) is 17.9 Å². The first-order valence-electron chi connectivity index (χ1n) is 38.1. The van der Waals surface area contributed by atoms with Crippen LogP contribution < -0.4 is 27.0 Å². The van der Waals surface area contributed by atoms with Crippen molar-refractivity contribution in [2.24, 2.45) is 5.73 Å². The zero-order valence-electron chi connectivity index (χ0n) is 64.5. The van der Waals surface area contributed by atoms with Gasteiger partial charge in [0, 0.05) is 47.2 Å². The molecule has 4 aliphatic heterocycles. The summed E-state index contributed by atoms with van der Waals surface area (Å²) in [4.78, 5) is 104. The topological polar surface area (TPSA) is 459 Å². The third-order valence-corrected chi connectivity index (χ3v) is 23.2. The predicted octanol–water partition coefficient (Wildman–Crippen LogP) is 9.39. The molecule has 8 aromatic heterocycles. The maximum absolute atomic E-state index is 16.7. The maximum atomic E-state index is 16.7. The Bertz CT molecular complexity index is 5850. The molecule has 632 valence electrons. The number of ether oxygens (including phenoxy) is 6. The van der Waals surface area contributed by atoms with Crippen molar-refractivity contribution in [1.82, 2.24) is 78.1 Å². The van der Waals surface area contributed by atoms with Crippen LogP contribution >= 0.6 is 18.7 Å². The third-order valence-electron chi connectivity index (χ3n) is 19.9. The van der Waals surface area contributed by atoms with Crippen molar-refractivity contribution in [3.05, 3.63) is 206 Å². The number of nitrogens with one attached hydrogen (secondary N) is 4. The smallest absolute Gasteiger partial charge is 0.353 e. The van der Waals surface area contributed by atoms with Crippen LogP contribution in [0.25, 0.3) is 49.5 Å². The molecule has 122 heavy (non-hydrogen) atoms. The maximum Gasteiger partial charge on any atom is 0.353 e. The number of aromatic nitrogens is 16. The molecule has 8 N–H and O–H groups in total. The quantitative estimate of drug-likeness (QED) is 0.00872. The average molecular weight is 1730 g/mol. The summed E-state index contributed by atoms with van der Waals surface area (Å²) in [5, 5.41) is 40.8. The monoisotopic (exact) mass is 1730 g/mol. The van der Waals surface area contributed by atoms with E-state index in [1.165, 1.54) is 68.9 Å². The van der Waals surface area contributed by atoms with Crippen LogP contribution in [-0.4, -0.2) is 223 Å². The molecule has 4 aliphatic rings. The largest absolute Gasteiger partial charge is 0.449 e. The Kier molecular flexibility index (Phi) is 27.5. The summed E-state index contributed by atoms with van der Waals surface area (Å²) in [5.41, 5.74) is 9.05. The normalized spacial score (nSPS) is 23.9. The molecule has 3 unspecified atom stereocenters. The second-order valence-electron chi connectivity index (χ2n) is 27.5. The number of thiocarbonyl (C=S) groups is 1. The van der Waals surface area contributed by atoms with E-state index >= 15 is 13.2 Å². The lowest BCUT2D eigenvalue weighted by molar-refractivity contribution is -0.0251. The first-order valence-corrected chi connectivity index (χ1v) is 41.3. The second-order valence-corrected chi connectivity index (χ2v) is 31.7. The molecule has 37 nitrogen and oxygen atoms in total. The molecule has 0 bridgehead atoms. The van der Waals surface area contributed by atoms with Crippen LogP contribution in [0.1, 0.15) is 106 Å².